The highest BCUT2D eigenvalue weighted by molar-refractivity contribution is 5.88. The summed E-state index contributed by atoms with van der Waals surface area (Å²) in [5.74, 6) is -0.977. The molecule has 1 aliphatic heterocycles. The van der Waals surface area contributed by atoms with Crippen LogP contribution in [0, 0.1) is 23.2 Å². The van der Waals surface area contributed by atoms with E-state index in [0.717, 1.165) is 6.08 Å². The molecule has 76 valence electrons. The maximum Gasteiger partial charge on any atom is 0.433 e. The molecule has 0 saturated heterocycles. The van der Waals surface area contributed by atoms with Crippen molar-refractivity contribution in [2.75, 3.05) is 0 Å². The molecule has 0 spiro atoms. The van der Waals surface area contributed by atoms with Crippen LogP contribution < -0.4 is 0 Å². The second kappa shape index (κ2) is 3.45. The van der Waals surface area contributed by atoms with E-state index in [1.165, 1.54) is 6.92 Å². The minimum Gasteiger partial charge on any atom is -0.252 e. The number of halogens is 3. The van der Waals surface area contributed by atoms with Crippen LogP contribution in [0.15, 0.2) is 16.8 Å². The number of aliphatic imine (C=N–C) groups is 1. The highest BCUT2D eigenvalue weighted by Crippen LogP contribution is 2.33. The Morgan fingerprint density at radius 2 is 2.07 bits per heavy atom. The molecule has 1 unspecified atom stereocenters. The Morgan fingerprint density at radius 1 is 1.50 bits per heavy atom. The maximum absolute atomic E-state index is 12.3. The lowest BCUT2D eigenvalue weighted by Gasteiger charge is -2.21. The molecule has 1 rings (SSSR count). The van der Waals surface area contributed by atoms with E-state index in [-0.39, 0.29) is 5.71 Å². The van der Waals surface area contributed by atoms with E-state index in [0.29, 0.717) is 0 Å². The average molecular weight is 202 g/mol. The van der Waals surface area contributed by atoms with E-state index >= 15 is 0 Å². The molecule has 0 aromatic carbocycles. The summed E-state index contributed by atoms with van der Waals surface area (Å²) >= 11 is 0. The summed E-state index contributed by atoms with van der Waals surface area (Å²) < 4.78 is 36.8. The fourth-order valence-electron chi connectivity index (χ4n) is 1.39. The van der Waals surface area contributed by atoms with Crippen LogP contribution in [0.5, 0.6) is 0 Å². The van der Waals surface area contributed by atoms with Gasteiger partial charge in [0.1, 0.15) is 5.70 Å². The second-order valence-corrected chi connectivity index (χ2v) is 3.27. The number of alkyl halides is 3. The highest BCUT2D eigenvalue weighted by atomic mass is 19.4. The zero-order valence-electron chi connectivity index (χ0n) is 7.76. The number of rotatable bonds is 0. The van der Waals surface area contributed by atoms with Crippen molar-refractivity contribution in [1.29, 1.82) is 5.26 Å². The molecule has 1 aliphatic rings. The molecule has 2 nitrogen and oxygen atoms in total. The van der Waals surface area contributed by atoms with E-state index < -0.39 is 23.7 Å². The van der Waals surface area contributed by atoms with Crippen molar-refractivity contribution >= 4 is 5.71 Å². The molecule has 1 heterocycles. The van der Waals surface area contributed by atoms with E-state index in [2.05, 4.69) is 4.99 Å². The van der Waals surface area contributed by atoms with Crippen LogP contribution >= 0.6 is 0 Å². The standard InChI is InChI=1S/C9H9F3N2/c1-5-3-8(9(10,11)12)14-6(2)7(5)4-13/h3,5,7H,1-2H3/t5-,7?/m0/s1. The molecule has 2 atom stereocenters. The van der Waals surface area contributed by atoms with Crippen LogP contribution in [-0.2, 0) is 0 Å². The van der Waals surface area contributed by atoms with Gasteiger partial charge >= 0.3 is 6.18 Å². The Bertz CT molecular complexity index is 333. The molecule has 0 aromatic heterocycles. The number of nitriles is 1. The van der Waals surface area contributed by atoms with Crippen LogP contribution in [0.3, 0.4) is 0 Å². The molecule has 0 saturated carbocycles. The largest absolute Gasteiger partial charge is 0.433 e. The third kappa shape index (κ3) is 1.95. The fraction of sp³-hybridized carbons (Fsp3) is 0.556. The summed E-state index contributed by atoms with van der Waals surface area (Å²) in [6.07, 6.45) is -3.42. The first-order chi connectivity index (χ1) is 6.36. The quantitative estimate of drug-likeness (QED) is 0.594. The van der Waals surface area contributed by atoms with Gasteiger partial charge in [-0.1, -0.05) is 6.92 Å². The molecule has 0 aromatic rings. The predicted molar refractivity (Wildman–Crippen MR) is 45.5 cm³/mol. The van der Waals surface area contributed by atoms with Crippen molar-refractivity contribution in [1.82, 2.24) is 0 Å². The van der Waals surface area contributed by atoms with Gasteiger partial charge in [-0.05, 0) is 18.9 Å². The van der Waals surface area contributed by atoms with Crippen molar-refractivity contribution < 1.29 is 13.2 Å². The Morgan fingerprint density at radius 3 is 2.43 bits per heavy atom. The van der Waals surface area contributed by atoms with Crippen LogP contribution in [0.2, 0.25) is 0 Å². The van der Waals surface area contributed by atoms with Crippen molar-refractivity contribution in [2.24, 2.45) is 16.8 Å². The zero-order valence-corrected chi connectivity index (χ0v) is 7.76. The van der Waals surface area contributed by atoms with Crippen molar-refractivity contribution in [3.05, 3.63) is 11.8 Å². The summed E-state index contributed by atoms with van der Waals surface area (Å²) in [6, 6.07) is 1.93. The third-order valence-electron chi connectivity index (χ3n) is 2.12. The first-order valence-corrected chi connectivity index (χ1v) is 4.10. The molecule has 0 amide bonds. The molecule has 0 bridgehead atoms. The molecule has 0 fully saturated rings. The lowest BCUT2D eigenvalue weighted by atomic mass is 9.88. The Hall–Kier alpha value is -1.31. The molecule has 0 aliphatic carbocycles. The van der Waals surface area contributed by atoms with Crippen LogP contribution in [0.4, 0.5) is 13.2 Å². The lowest BCUT2D eigenvalue weighted by Crippen LogP contribution is -2.25. The Kier molecular flexibility index (Phi) is 2.65. The smallest absolute Gasteiger partial charge is 0.252 e. The SMILES string of the molecule is CC1=NC(C(F)(F)F)=C[C@H](C)C1C#N. The van der Waals surface area contributed by atoms with Crippen molar-refractivity contribution in [3.8, 4) is 6.07 Å². The van der Waals surface area contributed by atoms with Crippen molar-refractivity contribution in [3.63, 3.8) is 0 Å². The highest BCUT2D eigenvalue weighted by Gasteiger charge is 2.37. The molecule has 5 heteroatoms. The first kappa shape index (κ1) is 10.8. The van der Waals surface area contributed by atoms with E-state index in [1.807, 2.05) is 6.07 Å². The minimum atomic E-state index is -4.42. The predicted octanol–water partition coefficient (Wildman–Crippen LogP) is 2.68. The summed E-state index contributed by atoms with van der Waals surface area (Å²) in [7, 11) is 0. The minimum absolute atomic E-state index is 0.231. The van der Waals surface area contributed by atoms with Crippen molar-refractivity contribution in [2.45, 2.75) is 20.0 Å². The zero-order chi connectivity index (χ0) is 10.9. The van der Waals surface area contributed by atoms with Crippen LogP contribution in [0.1, 0.15) is 13.8 Å². The van der Waals surface area contributed by atoms with Gasteiger partial charge in [0.05, 0.1) is 12.0 Å². The van der Waals surface area contributed by atoms with Gasteiger partial charge in [0.15, 0.2) is 0 Å². The van der Waals surface area contributed by atoms with Gasteiger partial charge in [0, 0.05) is 5.71 Å². The summed E-state index contributed by atoms with van der Waals surface area (Å²) in [5, 5.41) is 8.68. The van der Waals surface area contributed by atoms with Gasteiger partial charge in [-0.25, -0.2) is 0 Å². The molecular weight excluding hydrogens is 193 g/mol. The molecule has 0 radical (unpaired) electrons. The molecule has 14 heavy (non-hydrogen) atoms. The monoisotopic (exact) mass is 202 g/mol. The number of hydrogen-bond acceptors (Lipinski definition) is 2. The van der Waals surface area contributed by atoms with Gasteiger partial charge in [-0.2, -0.15) is 18.4 Å². The van der Waals surface area contributed by atoms with Gasteiger partial charge < -0.3 is 0 Å². The van der Waals surface area contributed by atoms with Crippen LogP contribution in [-0.4, -0.2) is 11.9 Å². The Balaban J connectivity index is 3.04. The lowest BCUT2D eigenvalue weighted by molar-refractivity contribution is -0.0931. The molecular formula is C9H9F3N2. The van der Waals surface area contributed by atoms with E-state index in [9.17, 15) is 13.2 Å². The van der Waals surface area contributed by atoms with Crippen LogP contribution in [0.25, 0.3) is 0 Å². The molecule has 0 N–H and O–H groups in total. The van der Waals surface area contributed by atoms with Gasteiger partial charge in [-0.15, -0.1) is 0 Å². The number of nitrogens with zero attached hydrogens (tertiary/aromatic N) is 2. The summed E-state index contributed by atoms with van der Waals surface area (Å²) in [4.78, 5) is 3.39. The topological polar surface area (TPSA) is 36.1 Å². The fourth-order valence-corrected chi connectivity index (χ4v) is 1.39. The van der Waals surface area contributed by atoms with Gasteiger partial charge in [0.2, 0.25) is 0 Å². The van der Waals surface area contributed by atoms with E-state index in [1.54, 1.807) is 6.92 Å². The maximum atomic E-state index is 12.3. The van der Waals surface area contributed by atoms with Gasteiger partial charge in [0.25, 0.3) is 0 Å². The summed E-state index contributed by atoms with van der Waals surface area (Å²) in [6.45, 7) is 3.03. The first-order valence-electron chi connectivity index (χ1n) is 4.10. The Labute approximate surface area is 79.7 Å². The third-order valence-corrected chi connectivity index (χ3v) is 2.12. The number of hydrogen-bond donors (Lipinski definition) is 0. The van der Waals surface area contributed by atoms with Gasteiger partial charge in [-0.3, -0.25) is 4.99 Å². The second-order valence-electron chi connectivity index (χ2n) is 3.27. The average Bonchev–Trinajstić information content (AvgIpc) is 2.01. The summed E-state index contributed by atoms with van der Waals surface area (Å²) in [5.41, 5.74) is -0.663. The normalized spacial score (nSPS) is 27.7. The van der Waals surface area contributed by atoms with E-state index in [4.69, 9.17) is 5.26 Å². The number of allylic oxidation sites excluding steroid dienone is 2.